The van der Waals surface area contributed by atoms with E-state index < -0.39 is 7.25 Å². The van der Waals surface area contributed by atoms with Gasteiger partial charge in [-0.05, 0) is 54.6 Å². The Kier molecular flexibility index (Phi) is 5.85. The summed E-state index contributed by atoms with van der Waals surface area (Å²) in [5, 5.41) is 0. The fraction of sp³-hybridized carbons (Fsp3) is 0. The van der Waals surface area contributed by atoms with Crippen LogP contribution >= 0.6 is 0 Å². The standard InChI is InChI=1S/C17H11F2O.BF4/c18-14-8-4-12(5-9-14)16-2-1-3-17(20-16)13-6-10-15(19)11-7-13;2-1(3,4)5/h1-11H;/q+1;-1. The van der Waals surface area contributed by atoms with Gasteiger partial charge in [-0.15, -0.1) is 0 Å². The molecule has 0 N–H and O–H groups in total. The highest BCUT2D eigenvalue weighted by Gasteiger charge is 2.20. The average molecular weight is 356 g/mol. The zero-order chi connectivity index (χ0) is 18.4. The number of halogens is 6. The summed E-state index contributed by atoms with van der Waals surface area (Å²) in [7, 11) is -6.00. The van der Waals surface area contributed by atoms with E-state index in [1.165, 1.54) is 24.3 Å². The maximum atomic E-state index is 12.9. The topological polar surface area (TPSA) is 11.3 Å². The molecule has 0 bridgehead atoms. The van der Waals surface area contributed by atoms with Gasteiger partial charge in [0.15, 0.2) is 0 Å². The largest absolute Gasteiger partial charge is 0.673 e. The van der Waals surface area contributed by atoms with Crippen LogP contribution in [0.3, 0.4) is 0 Å². The van der Waals surface area contributed by atoms with E-state index in [2.05, 4.69) is 0 Å². The van der Waals surface area contributed by atoms with Gasteiger partial charge in [0.1, 0.15) is 11.6 Å². The van der Waals surface area contributed by atoms with E-state index in [1.807, 2.05) is 6.07 Å². The molecule has 1 nitrogen and oxygen atoms in total. The number of hydrogen-bond donors (Lipinski definition) is 0. The molecule has 0 aliphatic heterocycles. The fourth-order valence-corrected chi connectivity index (χ4v) is 1.95. The van der Waals surface area contributed by atoms with Crippen LogP contribution in [0.5, 0.6) is 0 Å². The third-order valence-corrected chi connectivity index (χ3v) is 2.97. The lowest BCUT2D eigenvalue weighted by atomic mass is 10.1. The second-order valence-electron chi connectivity index (χ2n) is 4.87. The van der Waals surface area contributed by atoms with E-state index in [1.54, 1.807) is 36.4 Å². The van der Waals surface area contributed by atoms with E-state index in [9.17, 15) is 26.0 Å². The highest BCUT2D eigenvalue weighted by molar-refractivity contribution is 6.50. The molecule has 0 radical (unpaired) electrons. The fourth-order valence-electron chi connectivity index (χ4n) is 1.95. The minimum atomic E-state index is -6.00. The minimum Gasteiger partial charge on any atom is -0.418 e. The third kappa shape index (κ3) is 6.33. The molecule has 0 fully saturated rings. The molecule has 0 amide bonds. The van der Waals surface area contributed by atoms with Crippen molar-refractivity contribution in [2.45, 2.75) is 0 Å². The highest BCUT2D eigenvalue weighted by atomic mass is 19.5. The summed E-state index contributed by atoms with van der Waals surface area (Å²) in [6.45, 7) is 0. The predicted octanol–water partition coefficient (Wildman–Crippen LogP) is 6.47. The maximum Gasteiger partial charge on any atom is 0.673 e. The second-order valence-corrected chi connectivity index (χ2v) is 4.87. The van der Waals surface area contributed by atoms with Crippen molar-refractivity contribution in [3.05, 3.63) is 78.4 Å². The molecule has 25 heavy (non-hydrogen) atoms. The SMILES string of the molecule is F[B-](F)(F)F.Fc1ccc(-c2cccc(-c3ccc(F)cc3)[o+]2)cc1. The quantitative estimate of drug-likeness (QED) is 0.291. The molecule has 2 aromatic carbocycles. The molecule has 0 unspecified atom stereocenters. The van der Waals surface area contributed by atoms with Crippen LogP contribution in [0.4, 0.5) is 26.0 Å². The van der Waals surface area contributed by atoms with Crippen LogP contribution in [-0.2, 0) is 0 Å². The lowest BCUT2D eigenvalue weighted by Crippen LogP contribution is -2.02. The molecule has 0 aliphatic rings. The molecule has 0 saturated carbocycles. The third-order valence-electron chi connectivity index (χ3n) is 2.97. The van der Waals surface area contributed by atoms with Crippen LogP contribution < -0.4 is 0 Å². The van der Waals surface area contributed by atoms with Gasteiger partial charge in [0.2, 0.25) is 0 Å². The first-order valence-electron chi connectivity index (χ1n) is 7.05. The van der Waals surface area contributed by atoms with Gasteiger partial charge in [-0.2, -0.15) is 0 Å². The minimum absolute atomic E-state index is 0.288. The van der Waals surface area contributed by atoms with Crippen molar-refractivity contribution in [2.24, 2.45) is 0 Å². The van der Waals surface area contributed by atoms with Crippen LogP contribution in [0, 0.1) is 11.6 Å². The van der Waals surface area contributed by atoms with Gasteiger partial charge in [-0.1, -0.05) is 0 Å². The Labute approximate surface area is 139 Å². The van der Waals surface area contributed by atoms with E-state index in [0.29, 0.717) is 11.5 Å². The van der Waals surface area contributed by atoms with Crippen LogP contribution in [0.2, 0.25) is 0 Å². The first-order valence-corrected chi connectivity index (χ1v) is 7.05. The van der Waals surface area contributed by atoms with E-state index in [-0.39, 0.29) is 11.6 Å². The molecule has 1 aromatic heterocycles. The zero-order valence-corrected chi connectivity index (χ0v) is 12.6. The Balaban J connectivity index is 0.000000399. The Bertz CT molecular complexity index is 749. The Morgan fingerprint density at radius 2 is 0.880 bits per heavy atom. The monoisotopic (exact) mass is 356 g/mol. The van der Waals surface area contributed by atoms with Crippen LogP contribution in [-0.4, -0.2) is 7.25 Å². The lowest BCUT2D eigenvalue weighted by molar-refractivity contribution is 0.368. The Hall–Kier alpha value is -2.77. The van der Waals surface area contributed by atoms with Crippen molar-refractivity contribution >= 4 is 7.25 Å². The summed E-state index contributed by atoms with van der Waals surface area (Å²) in [6, 6.07) is 17.6. The van der Waals surface area contributed by atoms with Crippen LogP contribution in [0.15, 0.2) is 71.1 Å². The molecule has 0 spiro atoms. The Morgan fingerprint density at radius 3 is 1.20 bits per heavy atom. The summed E-state index contributed by atoms with van der Waals surface area (Å²) in [5.74, 6) is 0.686. The van der Waals surface area contributed by atoms with Gasteiger partial charge in [-0.3, -0.25) is 0 Å². The van der Waals surface area contributed by atoms with Gasteiger partial charge in [-0.25, -0.2) is 13.2 Å². The number of rotatable bonds is 2. The van der Waals surface area contributed by atoms with Gasteiger partial charge >= 0.3 is 18.8 Å². The second kappa shape index (κ2) is 7.87. The molecule has 0 saturated heterocycles. The van der Waals surface area contributed by atoms with E-state index >= 15 is 0 Å². The normalized spacial score (nSPS) is 10.8. The van der Waals surface area contributed by atoms with Crippen LogP contribution in [0.25, 0.3) is 22.6 Å². The smallest absolute Gasteiger partial charge is 0.418 e. The van der Waals surface area contributed by atoms with Gasteiger partial charge in [0, 0.05) is 12.1 Å². The molecule has 3 rings (SSSR count). The molecular formula is C17H11BF6O. The molecule has 8 heteroatoms. The van der Waals surface area contributed by atoms with Crippen molar-refractivity contribution in [3.63, 3.8) is 0 Å². The van der Waals surface area contributed by atoms with E-state index in [0.717, 1.165) is 11.1 Å². The van der Waals surface area contributed by atoms with Gasteiger partial charge < -0.3 is 17.3 Å². The summed E-state index contributed by atoms with van der Waals surface area (Å²) in [5.41, 5.74) is 1.57. The number of benzene rings is 2. The molecule has 0 atom stereocenters. The molecule has 1 heterocycles. The molecule has 3 aromatic rings. The Morgan fingerprint density at radius 1 is 0.560 bits per heavy atom. The van der Waals surface area contributed by atoms with Crippen molar-refractivity contribution in [2.75, 3.05) is 0 Å². The number of hydrogen-bond acceptors (Lipinski definition) is 0. The van der Waals surface area contributed by atoms with Crippen molar-refractivity contribution in [1.82, 2.24) is 0 Å². The molecule has 0 aliphatic carbocycles. The molecule has 130 valence electrons. The van der Waals surface area contributed by atoms with Crippen molar-refractivity contribution in [3.8, 4) is 22.6 Å². The summed E-state index contributed by atoms with van der Waals surface area (Å²) in [6.07, 6.45) is 0. The van der Waals surface area contributed by atoms with E-state index in [4.69, 9.17) is 4.42 Å². The van der Waals surface area contributed by atoms with Crippen LogP contribution in [0.1, 0.15) is 0 Å². The summed E-state index contributed by atoms with van der Waals surface area (Å²) in [4.78, 5) is 0. The predicted molar refractivity (Wildman–Crippen MR) is 84.1 cm³/mol. The average Bonchev–Trinajstić information content (AvgIpc) is 2.55. The summed E-state index contributed by atoms with van der Waals surface area (Å²) < 4.78 is 70.6. The maximum absolute atomic E-state index is 12.9. The first-order chi connectivity index (χ1) is 11.7. The molecular weight excluding hydrogens is 345 g/mol. The van der Waals surface area contributed by atoms with Gasteiger partial charge in [0.05, 0.1) is 11.1 Å². The van der Waals surface area contributed by atoms with Gasteiger partial charge in [0.25, 0.3) is 0 Å². The van der Waals surface area contributed by atoms with Crippen molar-refractivity contribution in [1.29, 1.82) is 0 Å². The zero-order valence-electron chi connectivity index (χ0n) is 12.6. The lowest BCUT2D eigenvalue weighted by Gasteiger charge is -1.95. The van der Waals surface area contributed by atoms with Crippen molar-refractivity contribution < 1.29 is 30.5 Å². The first kappa shape index (κ1) is 18.6. The highest BCUT2D eigenvalue weighted by Crippen LogP contribution is 2.26. The summed E-state index contributed by atoms with van der Waals surface area (Å²) >= 11 is 0.